The van der Waals surface area contributed by atoms with E-state index in [0.29, 0.717) is 12.3 Å². The van der Waals surface area contributed by atoms with Crippen LogP contribution in [0.25, 0.3) is 0 Å². The molecule has 0 spiro atoms. The summed E-state index contributed by atoms with van der Waals surface area (Å²) in [6.07, 6.45) is 2.15. The van der Waals surface area contributed by atoms with E-state index in [0.717, 1.165) is 24.2 Å². The fourth-order valence-corrected chi connectivity index (χ4v) is 2.00. The van der Waals surface area contributed by atoms with Crippen molar-refractivity contribution in [3.63, 3.8) is 0 Å². The molecule has 0 radical (unpaired) electrons. The lowest BCUT2D eigenvalue weighted by molar-refractivity contribution is -0.149. The van der Waals surface area contributed by atoms with Gasteiger partial charge < -0.3 is 9.47 Å². The van der Waals surface area contributed by atoms with Crippen molar-refractivity contribution in [3.8, 4) is 5.75 Å². The van der Waals surface area contributed by atoms with Crippen LogP contribution in [-0.2, 0) is 9.53 Å². The van der Waals surface area contributed by atoms with Gasteiger partial charge in [0.05, 0.1) is 7.11 Å². The first-order chi connectivity index (χ1) is 9.49. The highest BCUT2D eigenvalue weighted by Gasteiger charge is 2.21. The zero-order chi connectivity index (χ0) is 15.1. The van der Waals surface area contributed by atoms with Gasteiger partial charge in [0.25, 0.3) is 0 Å². The van der Waals surface area contributed by atoms with Gasteiger partial charge in [-0.3, -0.25) is 0 Å². The number of carbonyl (C=O) groups is 1. The number of unbranched alkanes of at least 4 members (excludes halogenated alkanes) is 1. The van der Waals surface area contributed by atoms with E-state index in [2.05, 4.69) is 26.8 Å². The molecule has 0 saturated heterocycles. The van der Waals surface area contributed by atoms with Gasteiger partial charge >= 0.3 is 5.97 Å². The van der Waals surface area contributed by atoms with Crippen molar-refractivity contribution in [2.75, 3.05) is 7.11 Å². The van der Waals surface area contributed by atoms with Gasteiger partial charge in [-0.25, -0.2) is 4.79 Å². The molecule has 1 aromatic carbocycles. The number of carbonyl (C=O) groups excluding carboxylic acids is 1. The highest BCUT2D eigenvalue weighted by Crippen LogP contribution is 2.26. The number of aryl methyl sites for hydroxylation is 1. The van der Waals surface area contributed by atoms with E-state index in [1.54, 1.807) is 0 Å². The molecule has 0 bridgehead atoms. The molecule has 1 aromatic rings. The predicted molar refractivity (Wildman–Crippen MR) is 81.2 cm³/mol. The van der Waals surface area contributed by atoms with Crippen LogP contribution in [0.15, 0.2) is 18.2 Å². The predicted octanol–water partition coefficient (Wildman–Crippen LogP) is 4.23. The van der Waals surface area contributed by atoms with Gasteiger partial charge in [0.15, 0.2) is 6.10 Å². The van der Waals surface area contributed by atoms with Crippen LogP contribution in [0.2, 0.25) is 0 Å². The summed E-state index contributed by atoms with van der Waals surface area (Å²) in [6.45, 7) is 8.37. The minimum Gasteiger partial charge on any atom is -0.478 e. The molecule has 1 atom stereocenters. The van der Waals surface area contributed by atoms with Gasteiger partial charge in [-0.2, -0.15) is 0 Å². The lowest BCUT2D eigenvalue weighted by Gasteiger charge is -2.19. The number of benzene rings is 1. The van der Waals surface area contributed by atoms with Crippen molar-refractivity contribution < 1.29 is 14.3 Å². The highest BCUT2D eigenvalue weighted by atomic mass is 16.6. The SMILES string of the molecule is CCCCC(Oc1cc(C(C)C)ccc1C)C(=O)OC. The van der Waals surface area contributed by atoms with Crippen LogP contribution in [-0.4, -0.2) is 19.2 Å². The molecule has 1 rings (SSSR count). The van der Waals surface area contributed by atoms with Gasteiger partial charge in [0, 0.05) is 0 Å². The van der Waals surface area contributed by atoms with E-state index in [1.165, 1.54) is 12.7 Å². The van der Waals surface area contributed by atoms with Gasteiger partial charge in [-0.15, -0.1) is 0 Å². The van der Waals surface area contributed by atoms with E-state index < -0.39 is 6.10 Å². The molecule has 112 valence electrons. The summed E-state index contributed by atoms with van der Waals surface area (Å²) in [5.41, 5.74) is 2.25. The Hall–Kier alpha value is -1.51. The average molecular weight is 278 g/mol. The maximum absolute atomic E-state index is 11.8. The van der Waals surface area contributed by atoms with Gasteiger partial charge in [-0.1, -0.05) is 39.3 Å². The van der Waals surface area contributed by atoms with Crippen LogP contribution >= 0.6 is 0 Å². The van der Waals surface area contributed by atoms with Crippen molar-refractivity contribution in [3.05, 3.63) is 29.3 Å². The van der Waals surface area contributed by atoms with Gasteiger partial charge in [0.1, 0.15) is 5.75 Å². The zero-order valence-corrected chi connectivity index (χ0v) is 13.2. The lowest BCUT2D eigenvalue weighted by Crippen LogP contribution is -2.28. The monoisotopic (exact) mass is 278 g/mol. The van der Waals surface area contributed by atoms with Gasteiger partial charge in [0.2, 0.25) is 0 Å². The van der Waals surface area contributed by atoms with Crippen molar-refractivity contribution in [1.29, 1.82) is 0 Å². The highest BCUT2D eigenvalue weighted by molar-refractivity contribution is 5.75. The molecule has 0 aliphatic carbocycles. The van der Waals surface area contributed by atoms with E-state index in [1.807, 2.05) is 19.1 Å². The lowest BCUT2D eigenvalue weighted by atomic mass is 10.0. The molecule has 0 fully saturated rings. The molecule has 0 aliphatic rings. The van der Waals surface area contributed by atoms with E-state index >= 15 is 0 Å². The van der Waals surface area contributed by atoms with E-state index in [4.69, 9.17) is 9.47 Å². The number of hydrogen-bond acceptors (Lipinski definition) is 3. The van der Waals surface area contributed by atoms with E-state index in [9.17, 15) is 4.79 Å². The Balaban J connectivity index is 2.91. The molecule has 1 unspecified atom stereocenters. The molecule has 0 heterocycles. The first-order valence-corrected chi connectivity index (χ1v) is 7.34. The fourth-order valence-electron chi connectivity index (χ4n) is 2.00. The molecular formula is C17H26O3. The maximum atomic E-state index is 11.8. The van der Waals surface area contributed by atoms with Crippen LogP contribution in [0.1, 0.15) is 57.1 Å². The third-order valence-electron chi connectivity index (χ3n) is 3.43. The zero-order valence-electron chi connectivity index (χ0n) is 13.2. The van der Waals surface area contributed by atoms with Crippen LogP contribution < -0.4 is 4.74 Å². The minimum absolute atomic E-state index is 0.298. The molecule has 0 aromatic heterocycles. The Labute approximate surface area is 122 Å². The number of ether oxygens (including phenoxy) is 2. The third-order valence-corrected chi connectivity index (χ3v) is 3.43. The van der Waals surface area contributed by atoms with Crippen molar-refractivity contribution in [2.45, 2.75) is 59.0 Å². The summed E-state index contributed by atoms with van der Waals surface area (Å²) in [5.74, 6) is 0.917. The minimum atomic E-state index is -0.513. The molecule has 0 N–H and O–H groups in total. The normalized spacial score (nSPS) is 12.3. The van der Waals surface area contributed by atoms with Crippen LogP contribution in [0, 0.1) is 6.92 Å². The Bertz CT molecular complexity index is 438. The molecule has 0 amide bonds. The molecular weight excluding hydrogens is 252 g/mol. The smallest absolute Gasteiger partial charge is 0.347 e. The first kappa shape index (κ1) is 16.5. The Morgan fingerprint density at radius 2 is 2.00 bits per heavy atom. The Kier molecular flexibility index (Phi) is 6.56. The van der Waals surface area contributed by atoms with Crippen molar-refractivity contribution in [2.24, 2.45) is 0 Å². The standard InChI is InChI=1S/C17H26O3/c1-6-7-8-15(17(18)19-5)20-16-11-14(12(2)3)10-9-13(16)4/h9-12,15H,6-8H2,1-5H3. The summed E-state index contributed by atoms with van der Waals surface area (Å²) in [7, 11) is 1.40. The molecule has 20 heavy (non-hydrogen) atoms. The van der Waals surface area contributed by atoms with Crippen LogP contribution in [0.4, 0.5) is 0 Å². The van der Waals surface area contributed by atoms with Crippen LogP contribution in [0.3, 0.4) is 0 Å². The number of methoxy groups -OCH3 is 1. The first-order valence-electron chi connectivity index (χ1n) is 7.34. The second-order valence-corrected chi connectivity index (χ2v) is 5.45. The quantitative estimate of drug-likeness (QED) is 0.700. The molecule has 0 aliphatic heterocycles. The second kappa shape index (κ2) is 7.93. The summed E-state index contributed by atoms with van der Waals surface area (Å²) < 4.78 is 10.8. The summed E-state index contributed by atoms with van der Waals surface area (Å²) in [6, 6.07) is 6.17. The van der Waals surface area contributed by atoms with Gasteiger partial charge in [-0.05, 0) is 42.9 Å². The molecule has 0 saturated carbocycles. The largest absolute Gasteiger partial charge is 0.478 e. The topological polar surface area (TPSA) is 35.5 Å². The van der Waals surface area contributed by atoms with Crippen LogP contribution in [0.5, 0.6) is 5.75 Å². The van der Waals surface area contributed by atoms with Crippen molar-refractivity contribution in [1.82, 2.24) is 0 Å². The summed E-state index contributed by atoms with van der Waals surface area (Å²) in [5, 5.41) is 0. The van der Waals surface area contributed by atoms with Crippen molar-refractivity contribution >= 4 is 5.97 Å². The molecule has 3 heteroatoms. The molecule has 3 nitrogen and oxygen atoms in total. The Morgan fingerprint density at radius 3 is 2.55 bits per heavy atom. The second-order valence-electron chi connectivity index (χ2n) is 5.45. The third kappa shape index (κ3) is 4.55. The van der Waals surface area contributed by atoms with E-state index in [-0.39, 0.29) is 5.97 Å². The summed E-state index contributed by atoms with van der Waals surface area (Å²) >= 11 is 0. The number of esters is 1. The fraction of sp³-hybridized carbons (Fsp3) is 0.588. The number of hydrogen-bond donors (Lipinski definition) is 0. The summed E-state index contributed by atoms with van der Waals surface area (Å²) in [4.78, 5) is 11.8. The Morgan fingerprint density at radius 1 is 1.30 bits per heavy atom. The number of rotatable bonds is 7. The maximum Gasteiger partial charge on any atom is 0.347 e. The average Bonchev–Trinajstić information content (AvgIpc) is 2.44.